The number of amides is 3. The summed E-state index contributed by atoms with van der Waals surface area (Å²) in [4.78, 5) is 41.5. The molecule has 0 spiro atoms. The normalized spacial score (nSPS) is 17.0. The number of halogens is 2. The van der Waals surface area contributed by atoms with Crippen LogP contribution in [-0.4, -0.2) is 28.7 Å². The number of nitrogens with one attached hydrogen (secondary N) is 2. The van der Waals surface area contributed by atoms with E-state index < -0.39 is 23.8 Å². The highest BCUT2D eigenvalue weighted by molar-refractivity contribution is 6.35. The summed E-state index contributed by atoms with van der Waals surface area (Å²) >= 11 is 11.8. The molecule has 7 nitrogen and oxygen atoms in total. The first-order valence-corrected chi connectivity index (χ1v) is 8.00. The second-order valence-electron chi connectivity index (χ2n) is 5.29. The van der Waals surface area contributed by atoms with Crippen molar-refractivity contribution in [2.45, 2.75) is 12.5 Å². The maximum absolute atomic E-state index is 12.5. The van der Waals surface area contributed by atoms with Crippen LogP contribution in [0.4, 0.5) is 5.69 Å². The van der Waals surface area contributed by atoms with Gasteiger partial charge in [0.05, 0.1) is 12.1 Å². The number of anilines is 1. The molecular weight excluding hydrogens is 367 g/mol. The van der Waals surface area contributed by atoms with Crippen LogP contribution in [0.25, 0.3) is 0 Å². The van der Waals surface area contributed by atoms with Crippen LogP contribution in [0.2, 0.25) is 10.0 Å². The molecule has 1 aliphatic heterocycles. The van der Waals surface area contributed by atoms with Crippen molar-refractivity contribution in [2.75, 3.05) is 4.90 Å². The molecule has 0 aliphatic carbocycles. The van der Waals surface area contributed by atoms with Crippen LogP contribution in [0.5, 0.6) is 0 Å². The predicted molar refractivity (Wildman–Crippen MR) is 92.2 cm³/mol. The molecule has 3 rings (SSSR count). The number of benzene rings is 1. The average molecular weight is 379 g/mol. The molecule has 2 aromatic rings. The van der Waals surface area contributed by atoms with Crippen molar-refractivity contribution in [3.8, 4) is 0 Å². The molecule has 2 heterocycles. The maximum Gasteiger partial charge on any atom is 0.265 e. The number of rotatable bonds is 4. The molecule has 1 fully saturated rings. The van der Waals surface area contributed by atoms with Crippen LogP contribution < -0.4 is 15.8 Å². The smallest absolute Gasteiger partial charge is 0.265 e. The van der Waals surface area contributed by atoms with Gasteiger partial charge in [-0.25, -0.2) is 10.3 Å². The van der Waals surface area contributed by atoms with E-state index in [-0.39, 0.29) is 12.1 Å². The third-order valence-corrected chi connectivity index (χ3v) is 3.99. The van der Waals surface area contributed by atoms with E-state index in [2.05, 4.69) is 15.8 Å². The van der Waals surface area contributed by atoms with Gasteiger partial charge in [-0.15, -0.1) is 0 Å². The van der Waals surface area contributed by atoms with Crippen molar-refractivity contribution in [3.05, 3.63) is 58.3 Å². The Balaban J connectivity index is 1.70. The number of hydrazine groups is 1. The van der Waals surface area contributed by atoms with Crippen LogP contribution in [0, 0.1) is 0 Å². The van der Waals surface area contributed by atoms with Crippen molar-refractivity contribution < 1.29 is 14.4 Å². The van der Waals surface area contributed by atoms with Crippen LogP contribution in [0.15, 0.2) is 42.7 Å². The second kappa shape index (κ2) is 7.18. The van der Waals surface area contributed by atoms with Gasteiger partial charge in [-0.05, 0) is 30.3 Å². The zero-order valence-corrected chi connectivity index (χ0v) is 14.2. The number of imide groups is 1. The topological polar surface area (TPSA) is 91.4 Å². The van der Waals surface area contributed by atoms with E-state index in [9.17, 15) is 14.4 Å². The monoisotopic (exact) mass is 378 g/mol. The molecule has 25 heavy (non-hydrogen) atoms. The quantitative estimate of drug-likeness (QED) is 0.626. The lowest BCUT2D eigenvalue weighted by Crippen LogP contribution is -2.48. The molecule has 3 amide bonds. The molecule has 2 N–H and O–H groups in total. The summed E-state index contributed by atoms with van der Waals surface area (Å²) in [6.07, 6.45) is 2.85. The number of carbonyl (C=O) groups excluding carboxylic acids is 3. The van der Waals surface area contributed by atoms with Gasteiger partial charge in [0.2, 0.25) is 5.91 Å². The van der Waals surface area contributed by atoms with E-state index in [1.165, 1.54) is 42.7 Å². The Hall–Kier alpha value is -2.48. The Bertz CT molecular complexity index is 824. The van der Waals surface area contributed by atoms with Gasteiger partial charge in [0.1, 0.15) is 6.04 Å². The fourth-order valence-corrected chi connectivity index (χ4v) is 2.93. The van der Waals surface area contributed by atoms with Crippen molar-refractivity contribution in [1.29, 1.82) is 0 Å². The van der Waals surface area contributed by atoms with Crippen LogP contribution in [-0.2, 0) is 9.59 Å². The Morgan fingerprint density at radius 2 is 1.76 bits per heavy atom. The summed E-state index contributed by atoms with van der Waals surface area (Å²) in [6.45, 7) is 0. The van der Waals surface area contributed by atoms with E-state index in [4.69, 9.17) is 23.2 Å². The highest BCUT2D eigenvalue weighted by Crippen LogP contribution is 2.29. The first-order valence-electron chi connectivity index (χ1n) is 7.24. The molecule has 0 radical (unpaired) electrons. The predicted octanol–water partition coefficient (Wildman–Crippen LogP) is 1.95. The van der Waals surface area contributed by atoms with Gasteiger partial charge in [-0.3, -0.25) is 24.8 Å². The van der Waals surface area contributed by atoms with E-state index in [1.54, 1.807) is 0 Å². The third-order valence-electron chi connectivity index (χ3n) is 3.55. The minimum absolute atomic E-state index is 0.0976. The highest BCUT2D eigenvalue weighted by Gasteiger charge is 2.40. The Kier molecular flexibility index (Phi) is 4.98. The minimum Gasteiger partial charge on any atom is -0.287 e. The van der Waals surface area contributed by atoms with Crippen molar-refractivity contribution >= 4 is 46.6 Å². The van der Waals surface area contributed by atoms with Gasteiger partial charge >= 0.3 is 0 Å². The lowest BCUT2D eigenvalue weighted by Gasteiger charge is -2.16. The lowest BCUT2D eigenvalue weighted by molar-refractivity contribution is -0.121. The number of nitrogens with zero attached hydrogens (tertiary/aromatic N) is 2. The number of carbonyl (C=O) groups is 3. The Morgan fingerprint density at radius 1 is 1.12 bits per heavy atom. The van der Waals surface area contributed by atoms with Gasteiger partial charge in [-0.2, -0.15) is 0 Å². The molecule has 0 saturated carbocycles. The lowest BCUT2D eigenvalue weighted by atomic mass is 10.2. The third kappa shape index (κ3) is 3.79. The molecule has 1 aromatic carbocycles. The van der Waals surface area contributed by atoms with Gasteiger partial charge in [0.15, 0.2) is 0 Å². The summed E-state index contributed by atoms with van der Waals surface area (Å²) in [7, 11) is 0. The van der Waals surface area contributed by atoms with E-state index in [1.807, 2.05) is 0 Å². The number of pyridine rings is 1. The summed E-state index contributed by atoms with van der Waals surface area (Å²) in [5.41, 5.74) is 5.67. The van der Waals surface area contributed by atoms with E-state index in [0.717, 1.165) is 4.90 Å². The summed E-state index contributed by atoms with van der Waals surface area (Å²) in [6, 6.07) is 6.62. The van der Waals surface area contributed by atoms with Crippen molar-refractivity contribution in [1.82, 2.24) is 15.8 Å². The fraction of sp³-hybridized carbons (Fsp3) is 0.125. The molecule has 9 heteroatoms. The van der Waals surface area contributed by atoms with E-state index >= 15 is 0 Å². The molecule has 1 atom stereocenters. The van der Waals surface area contributed by atoms with Gasteiger partial charge < -0.3 is 0 Å². The van der Waals surface area contributed by atoms with Gasteiger partial charge in [0.25, 0.3) is 11.8 Å². The first-order chi connectivity index (χ1) is 12.0. The maximum atomic E-state index is 12.5. The summed E-state index contributed by atoms with van der Waals surface area (Å²) < 4.78 is 0. The largest absolute Gasteiger partial charge is 0.287 e. The van der Waals surface area contributed by atoms with Crippen molar-refractivity contribution in [3.63, 3.8) is 0 Å². The molecule has 0 unspecified atom stereocenters. The first kappa shape index (κ1) is 17.3. The zero-order chi connectivity index (χ0) is 18.0. The second-order valence-corrected chi connectivity index (χ2v) is 6.16. The zero-order valence-electron chi connectivity index (χ0n) is 12.7. The Morgan fingerprint density at radius 3 is 2.40 bits per heavy atom. The van der Waals surface area contributed by atoms with Crippen LogP contribution >= 0.6 is 23.2 Å². The average Bonchev–Trinajstić information content (AvgIpc) is 2.86. The molecule has 0 bridgehead atoms. The fourth-order valence-electron chi connectivity index (χ4n) is 2.41. The SMILES string of the molecule is O=C(NN[C@H]1CC(=O)N(c2cc(Cl)cc(Cl)c2)C1=O)c1ccncc1. The Labute approximate surface area is 152 Å². The number of hydrogen-bond donors (Lipinski definition) is 2. The van der Waals surface area contributed by atoms with Gasteiger partial charge in [0, 0.05) is 28.0 Å². The van der Waals surface area contributed by atoms with Crippen LogP contribution in [0.3, 0.4) is 0 Å². The summed E-state index contributed by atoms with van der Waals surface area (Å²) in [5, 5.41) is 0.621. The van der Waals surface area contributed by atoms with Crippen molar-refractivity contribution in [2.24, 2.45) is 0 Å². The molecular formula is C16H12Cl2N4O3. The molecule has 1 saturated heterocycles. The molecule has 128 valence electrons. The molecule has 1 aromatic heterocycles. The molecule has 1 aliphatic rings. The number of hydrogen-bond acceptors (Lipinski definition) is 5. The standard InChI is InChI=1S/C16H12Cl2N4O3/c17-10-5-11(18)7-12(6-10)22-14(23)8-13(16(22)25)20-21-15(24)9-1-3-19-4-2-9/h1-7,13,20H,8H2,(H,21,24)/t13-/m0/s1. The van der Waals surface area contributed by atoms with Crippen LogP contribution in [0.1, 0.15) is 16.8 Å². The van der Waals surface area contributed by atoms with E-state index in [0.29, 0.717) is 15.6 Å². The summed E-state index contributed by atoms with van der Waals surface area (Å²) in [5.74, 6) is -1.36. The van der Waals surface area contributed by atoms with Gasteiger partial charge in [-0.1, -0.05) is 23.2 Å². The highest BCUT2D eigenvalue weighted by atomic mass is 35.5. The minimum atomic E-state index is -0.879. The number of aromatic nitrogens is 1.